The zero-order valence-corrected chi connectivity index (χ0v) is 7.51. The Morgan fingerprint density at radius 1 is 1.36 bits per heavy atom. The van der Waals surface area contributed by atoms with Gasteiger partial charge in [-0.1, -0.05) is 0 Å². The summed E-state index contributed by atoms with van der Waals surface area (Å²) in [4.78, 5) is 3.92. The van der Waals surface area contributed by atoms with E-state index in [-0.39, 0.29) is 0 Å². The highest BCUT2D eigenvalue weighted by atomic mass is 16.5. The first kappa shape index (κ1) is 8.62. The van der Waals surface area contributed by atoms with Crippen molar-refractivity contribution in [2.75, 3.05) is 5.73 Å². The van der Waals surface area contributed by atoms with Gasteiger partial charge in [0.25, 0.3) is 0 Å². The highest BCUT2D eigenvalue weighted by molar-refractivity contribution is 5.25. The van der Waals surface area contributed by atoms with E-state index < -0.39 is 0 Å². The molecule has 72 valence electrons. The second-order valence-electron chi connectivity index (χ2n) is 2.78. The van der Waals surface area contributed by atoms with E-state index in [1.807, 2.05) is 12.1 Å². The van der Waals surface area contributed by atoms with E-state index in [0.29, 0.717) is 24.0 Å². The van der Waals surface area contributed by atoms with E-state index in [1.54, 1.807) is 24.5 Å². The second-order valence-corrected chi connectivity index (χ2v) is 2.78. The molecule has 0 aliphatic rings. The van der Waals surface area contributed by atoms with Crippen LogP contribution in [-0.4, -0.2) is 4.98 Å². The monoisotopic (exact) mass is 190 g/mol. The number of hydrogen-bond acceptors (Lipinski definition) is 4. The molecule has 0 bridgehead atoms. The summed E-state index contributed by atoms with van der Waals surface area (Å²) in [5.74, 6) is 1.81. The van der Waals surface area contributed by atoms with Crippen molar-refractivity contribution >= 4 is 5.88 Å². The molecular weight excluding hydrogens is 180 g/mol. The molecule has 0 radical (unpaired) electrons. The van der Waals surface area contributed by atoms with Crippen molar-refractivity contribution in [3.8, 4) is 5.75 Å². The summed E-state index contributed by atoms with van der Waals surface area (Å²) in [6, 6.07) is 7.12. The summed E-state index contributed by atoms with van der Waals surface area (Å²) >= 11 is 0. The highest BCUT2D eigenvalue weighted by Crippen LogP contribution is 2.13. The van der Waals surface area contributed by atoms with Crippen LogP contribution in [-0.2, 0) is 6.61 Å². The summed E-state index contributed by atoms with van der Waals surface area (Å²) in [5, 5.41) is 0. The zero-order valence-electron chi connectivity index (χ0n) is 7.51. The summed E-state index contributed by atoms with van der Waals surface area (Å²) in [7, 11) is 0. The summed E-state index contributed by atoms with van der Waals surface area (Å²) < 4.78 is 10.5. The molecule has 0 aliphatic carbocycles. The normalized spacial score (nSPS) is 10.0. The van der Waals surface area contributed by atoms with Gasteiger partial charge in [0.05, 0.1) is 6.20 Å². The molecule has 0 atom stereocenters. The standard InChI is InChI=1S/C10H10N2O2/c11-10-4-3-9(14-10)7-13-8-2-1-5-12-6-8/h1-6H,7,11H2. The molecule has 0 aromatic carbocycles. The number of nitrogens with two attached hydrogens (primary N) is 1. The molecule has 2 aromatic heterocycles. The van der Waals surface area contributed by atoms with E-state index in [0.717, 1.165) is 0 Å². The molecule has 0 fully saturated rings. The molecular formula is C10H10N2O2. The lowest BCUT2D eigenvalue weighted by molar-refractivity contribution is 0.271. The maximum absolute atomic E-state index is 5.41. The smallest absolute Gasteiger partial charge is 0.190 e. The van der Waals surface area contributed by atoms with Gasteiger partial charge in [0, 0.05) is 12.3 Å². The van der Waals surface area contributed by atoms with Gasteiger partial charge in [-0.15, -0.1) is 0 Å². The average molecular weight is 190 g/mol. The van der Waals surface area contributed by atoms with Gasteiger partial charge in [0.2, 0.25) is 0 Å². The zero-order chi connectivity index (χ0) is 9.80. The predicted octanol–water partition coefficient (Wildman–Crippen LogP) is 1.84. The van der Waals surface area contributed by atoms with Crippen molar-refractivity contribution in [2.24, 2.45) is 0 Å². The first-order valence-electron chi connectivity index (χ1n) is 4.21. The minimum absolute atomic E-state index is 0.364. The Morgan fingerprint density at radius 2 is 2.29 bits per heavy atom. The quantitative estimate of drug-likeness (QED) is 0.802. The first-order valence-corrected chi connectivity index (χ1v) is 4.21. The summed E-state index contributed by atoms with van der Waals surface area (Å²) in [5.41, 5.74) is 5.41. The van der Waals surface area contributed by atoms with Gasteiger partial charge >= 0.3 is 0 Å². The van der Waals surface area contributed by atoms with E-state index in [1.165, 1.54) is 0 Å². The number of nitrogens with zero attached hydrogens (tertiary/aromatic N) is 1. The summed E-state index contributed by atoms with van der Waals surface area (Å²) in [6.07, 6.45) is 3.34. The van der Waals surface area contributed by atoms with Crippen LogP contribution in [0, 0.1) is 0 Å². The molecule has 0 amide bonds. The SMILES string of the molecule is Nc1ccc(COc2cccnc2)o1. The van der Waals surface area contributed by atoms with Gasteiger partial charge in [-0.25, -0.2) is 0 Å². The van der Waals surface area contributed by atoms with E-state index in [9.17, 15) is 0 Å². The maximum Gasteiger partial charge on any atom is 0.190 e. The minimum atomic E-state index is 0.364. The third kappa shape index (κ3) is 2.04. The molecule has 14 heavy (non-hydrogen) atoms. The molecule has 2 heterocycles. The molecule has 4 nitrogen and oxygen atoms in total. The van der Waals surface area contributed by atoms with Crippen molar-refractivity contribution in [1.29, 1.82) is 0 Å². The molecule has 2 N–H and O–H groups in total. The van der Waals surface area contributed by atoms with Gasteiger partial charge < -0.3 is 14.9 Å². The second kappa shape index (κ2) is 3.83. The van der Waals surface area contributed by atoms with Gasteiger partial charge in [-0.05, 0) is 18.2 Å². The van der Waals surface area contributed by atoms with Gasteiger partial charge in [-0.3, -0.25) is 4.98 Å². The first-order chi connectivity index (χ1) is 6.84. The maximum atomic E-state index is 5.41. The number of ether oxygens (including phenoxy) is 1. The van der Waals surface area contributed by atoms with Crippen molar-refractivity contribution in [3.05, 3.63) is 42.4 Å². The summed E-state index contributed by atoms with van der Waals surface area (Å²) in [6.45, 7) is 0.364. The van der Waals surface area contributed by atoms with Crippen LogP contribution in [0.5, 0.6) is 5.75 Å². The van der Waals surface area contributed by atoms with Crippen LogP contribution in [0.15, 0.2) is 41.1 Å². The number of rotatable bonds is 3. The molecule has 2 aromatic rings. The molecule has 2 rings (SSSR count). The number of nitrogen functional groups attached to an aromatic ring is 1. The van der Waals surface area contributed by atoms with Crippen molar-refractivity contribution < 1.29 is 9.15 Å². The number of pyridine rings is 1. The lowest BCUT2D eigenvalue weighted by atomic mass is 10.4. The molecule has 0 aliphatic heterocycles. The molecule has 4 heteroatoms. The van der Waals surface area contributed by atoms with Crippen LogP contribution in [0.4, 0.5) is 5.88 Å². The van der Waals surface area contributed by atoms with Crippen LogP contribution in [0.25, 0.3) is 0 Å². The van der Waals surface area contributed by atoms with Gasteiger partial charge in [-0.2, -0.15) is 0 Å². The Morgan fingerprint density at radius 3 is 2.93 bits per heavy atom. The van der Waals surface area contributed by atoms with E-state index >= 15 is 0 Å². The Balaban J connectivity index is 1.95. The molecule has 0 spiro atoms. The Bertz CT molecular complexity index is 398. The van der Waals surface area contributed by atoms with Crippen LogP contribution in [0.1, 0.15) is 5.76 Å². The fourth-order valence-corrected chi connectivity index (χ4v) is 1.06. The Labute approximate surface area is 81.3 Å². The van der Waals surface area contributed by atoms with Crippen molar-refractivity contribution in [1.82, 2.24) is 4.98 Å². The molecule has 0 saturated carbocycles. The van der Waals surface area contributed by atoms with Crippen molar-refractivity contribution in [2.45, 2.75) is 6.61 Å². The molecule has 0 unspecified atom stereocenters. The Hall–Kier alpha value is -1.97. The van der Waals surface area contributed by atoms with E-state index in [4.69, 9.17) is 14.9 Å². The number of aromatic nitrogens is 1. The molecule has 0 saturated heterocycles. The number of furan rings is 1. The number of anilines is 1. The van der Waals surface area contributed by atoms with E-state index in [2.05, 4.69) is 4.98 Å². The number of hydrogen-bond donors (Lipinski definition) is 1. The lowest BCUT2D eigenvalue weighted by Gasteiger charge is -2.01. The average Bonchev–Trinajstić information content (AvgIpc) is 2.63. The predicted molar refractivity (Wildman–Crippen MR) is 51.7 cm³/mol. The third-order valence-corrected chi connectivity index (χ3v) is 1.70. The fraction of sp³-hybridized carbons (Fsp3) is 0.100. The van der Waals surface area contributed by atoms with Gasteiger partial charge in [0.15, 0.2) is 5.88 Å². The topological polar surface area (TPSA) is 61.3 Å². The van der Waals surface area contributed by atoms with Crippen LogP contribution in [0.2, 0.25) is 0 Å². The van der Waals surface area contributed by atoms with Crippen LogP contribution >= 0.6 is 0 Å². The van der Waals surface area contributed by atoms with Crippen molar-refractivity contribution in [3.63, 3.8) is 0 Å². The lowest BCUT2D eigenvalue weighted by Crippen LogP contribution is -1.93. The fourth-order valence-electron chi connectivity index (χ4n) is 1.06. The largest absolute Gasteiger partial charge is 0.484 e. The van der Waals surface area contributed by atoms with Crippen LogP contribution < -0.4 is 10.5 Å². The van der Waals surface area contributed by atoms with Crippen LogP contribution in [0.3, 0.4) is 0 Å². The highest BCUT2D eigenvalue weighted by Gasteiger charge is 1.99. The Kier molecular flexibility index (Phi) is 2.36. The third-order valence-electron chi connectivity index (χ3n) is 1.70. The van der Waals surface area contributed by atoms with Gasteiger partial charge in [0.1, 0.15) is 18.1 Å². The minimum Gasteiger partial charge on any atom is -0.484 e.